The molecule has 0 fully saturated rings. The van der Waals surface area contributed by atoms with E-state index in [0.29, 0.717) is 22.6 Å². The van der Waals surface area contributed by atoms with Crippen molar-refractivity contribution in [3.63, 3.8) is 0 Å². The van der Waals surface area contributed by atoms with Gasteiger partial charge in [0.05, 0.1) is 16.7 Å². The van der Waals surface area contributed by atoms with Crippen molar-refractivity contribution in [3.05, 3.63) is 64.8 Å². The first-order valence-corrected chi connectivity index (χ1v) is 10.2. The van der Waals surface area contributed by atoms with Gasteiger partial charge in [-0.2, -0.15) is 0 Å². The number of aryl methyl sites for hydroxylation is 2. The zero-order valence-corrected chi connectivity index (χ0v) is 15.5. The van der Waals surface area contributed by atoms with E-state index in [1.54, 1.807) is 24.3 Å². The van der Waals surface area contributed by atoms with Crippen LogP contribution in [0, 0.1) is 13.8 Å². The van der Waals surface area contributed by atoms with Crippen molar-refractivity contribution in [2.75, 3.05) is 5.75 Å². The monoisotopic (exact) mass is 368 g/mol. The molecule has 4 rings (SSSR count). The molecular formula is C20H20N2O3S. The van der Waals surface area contributed by atoms with E-state index in [9.17, 15) is 13.2 Å². The zero-order valence-electron chi connectivity index (χ0n) is 14.7. The number of hydrogen-bond acceptors (Lipinski definition) is 3. The maximum absolute atomic E-state index is 12.8. The molecule has 0 aliphatic carbocycles. The van der Waals surface area contributed by atoms with Gasteiger partial charge in [0.15, 0.2) is 9.84 Å². The van der Waals surface area contributed by atoms with Gasteiger partial charge in [0.2, 0.25) is 0 Å². The number of aromatic amines is 1. The minimum atomic E-state index is -3.27. The maximum atomic E-state index is 12.8. The van der Waals surface area contributed by atoms with Crippen LogP contribution in [0.4, 0.5) is 0 Å². The van der Waals surface area contributed by atoms with Crippen molar-refractivity contribution in [2.24, 2.45) is 0 Å². The average molecular weight is 368 g/mol. The van der Waals surface area contributed by atoms with Gasteiger partial charge in [0, 0.05) is 10.9 Å². The van der Waals surface area contributed by atoms with Gasteiger partial charge < -0.3 is 10.3 Å². The number of aromatic nitrogens is 1. The normalized spacial score (nSPS) is 18.5. The SMILES string of the molecule is Cc1cc(C)c2cc(C(=O)N[C@@H]3CCS(=O)(=O)c4ccccc43)[nH]c2c1. The van der Waals surface area contributed by atoms with Crippen molar-refractivity contribution in [1.82, 2.24) is 10.3 Å². The number of rotatable bonds is 2. The van der Waals surface area contributed by atoms with E-state index < -0.39 is 9.84 Å². The van der Waals surface area contributed by atoms with Crippen LogP contribution in [0.2, 0.25) is 0 Å². The first-order chi connectivity index (χ1) is 12.3. The van der Waals surface area contributed by atoms with E-state index in [0.717, 1.165) is 22.0 Å². The summed E-state index contributed by atoms with van der Waals surface area (Å²) in [5, 5.41) is 4.01. The molecule has 0 bridgehead atoms. The van der Waals surface area contributed by atoms with Crippen molar-refractivity contribution in [1.29, 1.82) is 0 Å². The molecule has 3 aromatic rings. The van der Waals surface area contributed by atoms with E-state index in [2.05, 4.69) is 16.4 Å². The first-order valence-electron chi connectivity index (χ1n) is 8.58. The lowest BCUT2D eigenvalue weighted by molar-refractivity contribution is 0.0930. The number of carbonyl (C=O) groups excluding carboxylic acids is 1. The molecule has 0 unspecified atom stereocenters. The van der Waals surface area contributed by atoms with E-state index in [1.807, 2.05) is 26.0 Å². The number of hydrogen-bond donors (Lipinski definition) is 2. The number of amides is 1. The molecule has 0 saturated heterocycles. The van der Waals surface area contributed by atoms with Crippen LogP contribution in [0.25, 0.3) is 10.9 Å². The van der Waals surface area contributed by atoms with Crippen LogP contribution in [0.3, 0.4) is 0 Å². The summed E-state index contributed by atoms with van der Waals surface area (Å²) in [6, 6.07) is 12.5. The van der Waals surface area contributed by atoms with E-state index >= 15 is 0 Å². The molecule has 1 atom stereocenters. The van der Waals surface area contributed by atoms with Crippen molar-refractivity contribution < 1.29 is 13.2 Å². The predicted octanol–water partition coefficient (Wildman–Crippen LogP) is 3.43. The van der Waals surface area contributed by atoms with Crippen LogP contribution >= 0.6 is 0 Å². The molecule has 1 aromatic heterocycles. The highest BCUT2D eigenvalue weighted by Crippen LogP contribution is 2.32. The standard InChI is InChI=1S/C20H20N2O3S/c1-12-9-13(2)15-11-18(21-17(15)10-12)20(23)22-16-7-8-26(24,25)19-6-4-3-5-14(16)19/h3-6,9-11,16,21H,7-8H2,1-2H3,(H,22,23)/t16-/m1/s1. The molecule has 6 heteroatoms. The number of H-pyrrole nitrogens is 1. The van der Waals surface area contributed by atoms with Crippen molar-refractivity contribution >= 4 is 26.6 Å². The molecule has 26 heavy (non-hydrogen) atoms. The second-order valence-corrected chi connectivity index (χ2v) is 8.98. The molecular weight excluding hydrogens is 348 g/mol. The molecule has 134 valence electrons. The quantitative estimate of drug-likeness (QED) is 0.727. The Bertz CT molecular complexity index is 1130. The average Bonchev–Trinajstić information content (AvgIpc) is 3.02. The van der Waals surface area contributed by atoms with E-state index in [4.69, 9.17) is 0 Å². The second-order valence-electron chi connectivity index (χ2n) is 6.90. The van der Waals surface area contributed by atoms with E-state index in [1.165, 1.54) is 0 Å². The summed E-state index contributed by atoms with van der Waals surface area (Å²) in [7, 11) is -3.27. The lowest BCUT2D eigenvalue weighted by atomic mass is 10.0. The lowest BCUT2D eigenvalue weighted by Gasteiger charge is -2.26. The Morgan fingerprint density at radius 2 is 1.92 bits per heavy atom. The Balaban J connectivity index is 1.66. The number of nitrogens with one attached hydrogen (secondary N) is 2. The largest absolute Gasteiger partial charge is 0.351 e. The van der Waals surface area contributed by atoms with Gasteiger partial charge >= 0.3 is 0 Å². The molecule has 5 nitrogen and oxygen atoms in total. The highest BCUT2D eigenvalue weighted by atomic mass is 32.2. The summed E-state index contributed by atoms with van der Waals surface area (Å²) in [5.74, 6) is -0.183. The van der Waals surface area contributed by atoms with Crippen LogP contribution in [0.5, 0.6) is 0 Å². The lowest BCUT2D eigenvalue weighted by Crippen LogP contribution is -2.34. The van der Waals surface area contributed by atoms with Crippen LogP contribution in [0.15, 0.2) is 47.4 Å². The maximum Gasteiger partial charge on any atom is 0.268 e. The van der Waals surface area contributed by atoms with Gasteiger partial charge in [-0.3, -0.25) is 4.79 Å². The molecule has 0 saturated carbocycles. The number of sulfone groups is 1. The minimum Gasteiger partial charge on any atom is -0.351 e. The molecule has 2 heterocycles. The smallest absolute Gasteiger partial charge is 0.268 e. The van der Waals surface area contributed by atoms with Crippen molar-refractivity contribution in [3.8, 4) is 0 Å². The molecule has 1 aliphatic heterocycles. The summed E-state index contributed by atoms with van der Waals surface area (Å²) >= 11 is 0. The third kappa shape index (κ3) is 2.80. The van der Waals surface area contributed by atoms with Gasteiger partial charge in [-0.1, -0.05) is 24.3 Å². The highest BCUT2D eigenvalue weighted by Gasteiger charge is 2.31. The first kappa shape index (κ1) is 16.8. The summed E-state index contributed by atoms with van der Waals surface area (Å²) in [4.78, 5) is 16.3. The van der Waals surface area contributed by atoms with Gasteiger partial charge in [0.25, 0.3) is 5.91 Å². The summed E-state index contributed by atoms with van der Waals surface area (Å²) in [5.41, 5.74) is 4.33. The summed E-state index contributed by atoms with van der Waals surface area (Å²) < 4.78 is 24.5. The molecule has 0 radical (unpaired) electrons. The molecule has 0 spiro atoms. The van der Waals surface area contributed by atoms with Crippen LogP contribution in [-0.2, 0) is 9.84 Å². The molecule has 1 aliphatic rings. The summed E-state index contributed by atoms with van der Waals surface area (Å²) in [6.07, 6.45) is 0.378. The molecule has 2 N–H and O–H groups in total. The second kappa shape index (κ2) is 5.99. The Morgan fingerprint density at radius 1 is 1.15 bits per heavy atom. The third-order valence-corrected chi connectivity index (χ3v) is 6.76. The molecule has 2 aromatic carbocycles. The van der Waals surface area contributed by atoms with E-state index in [-0.39, 0.29) is 17.7 Å². The Morgan fingerprint density at radius 3 is 2.73 bits per heavy atom. The van der Waals surface area contributed by atoms with Gasteiger partial charge in [-0.05, 0) is 55.2 Å². The number of benzene rings is 2. The van der Waals surface area contributed by atoms with Gasteiger partial charge in [-0.15, -0.1) is 0 Å². The predicted molar refractivity (Wildman–Crippen MR) is 101 cm³/mol. The zero-order chi connectivity index (χ0) is 18.5. The Labute approximate surface area is 152 Å². The van der Waals surface area contributed by atoms with Crippen LogP contribution in [-0.4, -0.2) is 25.1 Å². The fourth-order valence-electron chi connectivity index (χ4n) is 3.70. The summed E-state index contributed by atoms with van der Waals surface area (Å²) in [6.45, 7) is 4.04. The van der Waals surface area contributed by atoms with Crippen molar-refractivity contribution in [2.45, 2.75) is 31.2 Å². The minimum absolute atomic E-state index is 0.0416. The molecule has 1 amide bonds. The number of fused-ring (bicyclic) bond motifs is 2. The van der Waals surface area contributed by atoms with Gasteiger partial charge in [0.1, 0.15) is 5.69 Å². The Kier molecular flexibility index (Phi) is 3.88. The van der Waals surface area contributed by atoms with Crippen LogP contribution in [0.1, 0.15) is 39.6 Å². The third-order valence-electron chi connectivity index (χ3n) is 4.94. The highest BCUT2D eigenvalue weighted by molar-refractivity contribution is 7.91. The Hall–Kier alpha value is -2.60. The fourth-order valence-corrected chi connectivity index (χ4v) is 5.32. The number of carbonyl (C=O) groups is 1. The van der Waals surface area contributed by atoms with Gasteiger partial charge in [-0.25, -0.2) is 8.42 Å². The topological polar surface area (TPSA) is 79.0 Å². The fraction of sp³-hybridized carbons (Fsp3) is 0.250. The van der Waals surface area contributed by atoms with Crippen LogP contribution < -0.4 is 5.32 Å².